The zero-order valence-corrected chi connectivity index (χ0v) is 16.4. The van der Waals surface area contributed by atoms with E-state index in [0.29, 0.717) is 17.7 Å². The zero-order valence-electron chi connectivity index (χ0n) is 16.4. The quantitative estimate of drug-likeness (QED) is 0.433. The monoisotopic (exact) mass is 414 g/mol. The number of hydrogen-bond acceptors (Lipinski definition) is 6. The molecule has 1 aromatic carbocycles. The van der Waals surface area contributed by atoms with Gasteiger partial charge in [0.05, 0.1) is 6.61 Å². The van der Waals surface area contributed by atoms with Gasteiger partial charge in [-0.05, 0) is 31.0 Å². The number of H-pyrrole nitrogens is 1. The van der Waals surface area contributed by atoms with Crippen LogP contribution < -0.4 is 20.8 Å². The molecule has 0 radical (unpaired) electrons. The van der Waals surface area contributed by atoms with Crippen molar-refractivity contribution in [1.82, 2.24) is 4.98 Å². The number of rotatable bonds is 10. The SMILES string of the molecule is C=CCOc1c(CC=C)cc(-c2c(C(=O)O)c(N)[nH]c(=O)c2C(=O)O)cc1OCC. The van der Waals surface area contributed by atoms with E-state index in [1.165, 1.54) is 12.1 Å². The number of nitrogens with one attached hydrogen (secondary N) is 1. The Kier molecular flexibility index (Phi) is 7.03. The number of pyridine rings is 1. The first-order valence-corrected chi connectivity index (χ1v) is 8.93. The molecule has 5 N–H and O–H groups in total. The molecule has 0 aliphatic heterocycles. The maximum atomic E-state index is 12.3. The fraction of sp³-hybridized carbons (Fsp3) is 0.190. The van der Waals surface area contributed by atoms with E-state index in [1.54, 1.807) is 19.1 Å². The fourth-order valence-corrected chi connectivity index (χ4v) is 3.02. The van der Waals surface area contributed by atoms with E-state index in [9.17, 15) is 24.6 Å². The second kappa shape index (κ2) is 9.46. The molecule has 0 bridgehead atoms. The second-order valence-corrected chi connectivity index (χ2v) is 6.09. The molecule has 1 heterocycles. The van der Waals surface area contributed by atoms with Gasteiger partial charge in [-0.3, -0.25) is 4.79 Å². The van der Waals surface area contributed by atoms with Crippen molar-refractivity contribution in [1.29, 1.82) is 0 Å². The van der Waals surface area contributed by atoms with Gasteiger partial charge in [-0.15, -0.1) is 6.58 Å². The van der Waals surface area contributed by atoms with Gasteiger partial charge in [0.2, 0.25) is 0 Å². The van der Waals surface area contributed by atoms with Crippen molar-refractivity contribution >= 4 is 17.8 Å². The highest BCUT2D eigenvalue weighted by molar-refractivity contribution is 6.07. The van der Waals surface area contributed by atoms with Gasteiger partial charge in [0.15, 0.2) is 11.5 Å². The number of nitrogens with two attached hydrogens (primary N) is 1. The molecule has 0 unspecified atom stereocenters. The lowest BCUT2D eigenvalue weighted by atomic mass is 9.93. The first-order valence-electron chi connectivity index (χ1n) is 8.93. The van der Waals surface area contributed by atoms with E-state index in [1.807, 2.05) is 0 Å². The van der Waals surface area contributed by atoms with Gasteiger partial charge in [0.25, 0.3) is 5.56 Å². The van der Waals surface area contributed by atoms with Gasteiger partial charge in [-0.2, -0.15) is 0 Å². The topological polar surface area (TPSA) is 152 Å². The van der Waals surface area contributed by atoms with Crippen LogP contribution in [-0.4, -0.2) is 40.3 Å². The minimum atomic E-state index is -1.59. The van der Waals surface area contributed by atoms with Crippen LogP contribution >= 0.6 is 0 Å². The summed E-state index contributed by atoms with van der Waals surface area (Å²) >= 11 is 0. The van der Waals surface area contributed by atoms with E-state index in [2.05, 4.69) is 18.1 Å². The van der Waals surface area contributed by atoms with Crippen LogP contribution in [0.2, 0.25) is 0 Å². The van der Waals surface area contributed by atoms with Crippen LogP contribution in [0.15, 0.2) is 42.2 Å². The van der Waals surface area contributed by atoms with Crippen molar-refractivity contribution in [2.45, 2.75) is 13.3 Å². The lowest BCUT2D eigenvalue weighted by molar-refractivity contribution is 0.0695. The van der Waals surface area contributed by atoms with Crippen molar-refractivity contribution < 1.29 is 29.3 Å². The first-order chi connectivity index (χ1) is 14.3. The third-order valence-corrected chi connectivity index (χ3v) is 4.10. The maximum Gasteiger partial charge on any atom is 0.342 e. The molecule has 9 heteroatoms. The first kappa shape index (κ1) is 22.3. The molecular weight excluding hydrogens is 392 g/mol. The molecule has 0 saturated carbocycles. The number of hydrogen-bond donors (Lipinski definition) is 4. The minimum absolute atomic E-state index is 0.133. The van der Waals surface area contributed by atoms with Crippen LogP contribution in [0.5, 0.6) is 11.5 Å². The Hall–Kier alpha value is -4.01. The van der Waals surface area contributed by atoms with Crippen LogP contribution in [0.25, 0.3) is 11.1 Å². The third-order valence-electron chi connectivity index (χ3n) is 4.10. The van der Waals surface area contributed by atoms with Crippen molar-refractivity contribution in [3.8, 4) is 22.6 Å². The summed E-state index contributed by atoms with van der Waals surface area (Å²) in [7, 11) is 0. The number of aromatic amines is 1. The summed E-state index contributed by atoms with van der Waals surface area (Å²) in [6, 6.07) is 2.94. The average molecular weight is 414 g/mol. The molecule has 0 fully saturated rings. The molecule has 30 heavy (non-hydrogen) atoms. The molecule has 0 amide bonds. The van der Waals surface area contributed by atoms with Gasteiger partial charge in [-0.1, -0.05) is 18.7 Å². The van der Waals surface area contributed by atoms with E-state index in [4.69, 9.17) is 15.2 Å². The Morgan fingerprint density at radius 2 is 1.80 bits per heavy atom. The van der Waals surface area contributed by atoms with E-state index >= 15 is 0 Å². The van der Waals surface area contributed by atoms with Crippen LogP contribution in [0.3, 0.4) is 0 Å². The molecule has 0 aliphatic rings. The maximum absolute atomic E-state index is 12.3. The van der Waals surface area contributed by atoms with Gasteiger partial charge in [0, 0.05) is 11.1 Å². The normalized spacial score (nSPS) is 10.3. The van der Waals surface area contributed by atoms with Crippen molar-refractivity contribution in [3.05, 3.63) is 64.5 Å². The molecule has 158 valence electrons. The molecule has 0 spiro atoms. The number of carbonyl (C=O) groups is 2. The summed E-state index contributed by atoms with van der Waals surface area (Å²) in [5, 5.41) is 19.2. The van der Waals surface area contributed by atoms with Crippen LogP contribution in [-0.2, 0) is 6.42 Å². The van der Waals surface area contributed by atoms with Gasteiger partial charge in [-0.25, -0.2) is 9.59 Å². The van der Waals surface area contributed by atoms with Crippen LogP contribution in [0.1, 0.15) is 33.2 Å². The number of benzene rings is 1. The number of carboxylic acids is 2. The van der Waals surface area contributed by atoms with Gasteiger partial charge in [0.1, 0.15) is 23.6 Å². The van der Waals surface area contributed by atoms with Crippen LogP contribution in [0.4, 0.5) is 5.82 Å². The highest BCUT2D eigenvalue weighted by atomic mass is 16.5. The molecule has 2 aromatic rings. The second-order valence-electron chi connectivity index (χ2n) is 6.09. The fourth-order valence-electron chi connectivity index (χ4n) is 3.02. The van der Waals surface area contributed by atoms with Crippen molar-refractivity contribution in [3.63, 3.8) is 0 Å². The van der Waals surface area contributed by atoms with E-state index in [-0.39, 0.29) is 30.1 Å². The van der Waals surface area contributed by atoms with Gasteiger partial charge >= 0.3 is 11.9 Å². The highest BCUT2D eigenvalue weighted by Crippen LogP contribution is 2.39. The predicted molar refractivity (Wildman–Crippen MR) is 112 cm³/mol. The summed E-state index contributed by atoms with van der Waals surface area (Å²) in [5.41, 5.74) is 3.78. The largest absolute Gasteiger partial charge is 0.490 e. The smallest absolute Gasteiger partial charge is 0.342 e. The summed E-state index contributed by atoms with van der Waals surface area (Å²) in [6.45, 7) is 9.49. The number of nitrogen functional groups attached to an aromatic ring is 1. The third kappa shape index (κ3) is 4.35. The molecule has 2 rings (SSSR count). The Balaban J connectivity index is 2.98. The van der Waals surface area contributed by atoms with E-state index < -0.39 is 34.4 Å². The number of ether oxygens (including phenoxy) is 2. The van der Waals surface area contributed by atoms with Crippen molar-refractivity contribution in [2.75, 3.05) is 18.9 Å². The number of aromatic carboxylic acids is 2. The minimum Gasteiger partial charge on any atom is -0.490 e. The standard InChI is InChI=1S/C21H22N2O7/c1-4-7-11-9-12(10-13(29-6-3)17(11)30-8-5-2)14-15(20(25)26)18(22)23-19(24)16(14)21(27)28/h4-5,9-10H,1-2,6-8H2,3H3,(H,25,26)(H,27,28)(H3,22,23,24). The Labute approximate surface area is 172 Å². The molecule has 9 nitrogen and oxygen atoms in total. The summed E-state index contributed by atoms with van der Waals surface area (Å²) in [6.07, 6.45) is 3.45. The highest BCUT2D eigenvalue weighted by Gasteiger charge is 2.28. The summed E-state index contributed by atoms with van der Waals surface area (Å²) in [4.78, 5) is 38.0. The van der Waals surface area contributed by atoms with Crippen molar-refractivity contribution in [2.24, 2.45) is 0 Å². The Morgan fingerprint density at radius 3 is 2.33 bits per heavy atom. The molecule has 0 saturated heterocycles. The van der Waals surface area contributed by atoms with Gasteiger partial charge < -0.3 is 30.4 Å². The molecule has 1 aromatic heterocycles. The summed E-state index contributed by atoms with van der Waals surface area (Å²) in [5.74, 6) is -2.91. The Bertz CT molecular complexity index is 1070. The predicted octanol–water partition coefficient (Wildman–Crippen LogP) is 2.71. The summed E-state index contributed by atoms with van der Waals surface area (Å²) < 4.78 is 11.3. The molecular formula is C21H22N2O7. The number of carboxylic acid groups (broad SMARTS) is 2. The lowest BCUT2D eigenvalue weighted by Crippen LogP contribution is -2.24. The average Bonchev–Trinajstić information content (AvgIpc) is 2.66. The zero-order chi connectivity index (χ0) is 22.4. The van der Waals surface area contributed by atoms with Crippen LogP contribution in [0, 0.1) is 0 Å². The number of allylic oxidation sites excluding steroid dienone is 1. The number of anilines is 1. The molecule has 0 aliphatic carbocycles. The number of aromatic nitrogens is 1. The molecule has 0 atom stereocenters. The van der Waals surface area contributed by atoms with E-state index in [0.717, 1.165) is 0 Å². The lowest BCUT2D eigenvalue weighted by Gasteiger charge is -2.18. The Morgan fingerprint density at radius 1 is 1.13 bits per heavy atom.